The molecule has 0 aliphatic heterocycles. The molecule has 0 saturated carbocycles. The number of hydrogen-bond acceptors (Lipinski definition) is 5. The molecule has 0 saturated heterocycles. The normalized spacial score (nSPS) is 11.4. The summed E-state index contributed by atoms with van der Waals surface area (Å²) >= 11 is 0. The SMILES string of the molecule is Cc1ccc(S(=O)(=O)Nc2ccc(-c3cccc4ccncc34)nn2)cc1. The predicted octanol–water partition coefficient (Wildman–Crippen LogP) is 3.80. The summed E-state index contributed by atoms with van der Waals surface area (Å²) in [7, 11) is -3.70. The Balaban J connectivity index is 1.63. The third-order valence-corrected chi connectivity index (χ3v) is 5.56. The average molecular weight is 376 g/mol. The van der Waals surface area contributed by atoms with Gasteiger partial charge in [-0.25, -0.2) is 8.42 Å². The van der Waals surface area contributed by atoms with Crippen LogP contribution in [0.1, 0.15) is 5.56 Å². The number of sulfonamides is 1. The third-order valence-electron chi connectivity index (χ3n) is 4.19. The summed E-state index contributed by atoms with van der Waals surface area (Å²) in [5.41, 5.74) is 2.52. The minimum Gasteiger partial charge on any atom is -0.264 e. The molecule has 0 atom stereocenters. The number of rotatable bonds is 4. The monoisotopic (exact) mass is 376 g/mol. The molecule has 2 heterocycles. The van der Waals surface area contributed by atoms with Crippen LogP contribution in [0.4, 0.5) is 5.82 Å². The van der Waals surface area contributed by atoms with E-state index in [1.165, 1.54) is 0 Å². The van der Waals surface area contributed by atoms with Crippen LogP contribution in [0.3, 0.4) is 0 Å². The molecular weight excluding hydrogens is 360 g/mol. The van der Waals surface area contributed by atoms with E-state index < -0.39 is 10.0 Å². The second-order valence-electron chi connectivity index (χ2n) is 6.12. The summed E-state index contributed by atoms with van der Waals surface area (Å²) in [5, 5.41) is 10.2. The Hall–Kier alpha value is -3.32. The lowest BCUT2D eigenvalue weighted by Gasteiger charge is -2.08. The molecule has 6 nitrogen and oxygen atoms in total. The van der Waals surface area contributed by atoms with Gasteiger partial charge in [0.05, 0.1) is 10.6 Å². The minimum atomic E-state index is -3.70. The summed E-state index contributed by atoms with van der Waals surface area (Å²) in [6, 6.07) is 17.7. The van der Waals surface area contributed by atoms with E-state index in [0.29, 0.717) is 5.69 Å². The fourth-order valence-corrected chi connectivity index (χ4v) is 3.78. The zero-order valence-corrected chi connectivity index (χ0v) is 15.3. The summed E-state index contributed by atoms with van der Waals surface area (Å²) in [6.07, 6.45) is 3.51. The summed E-state index contributed by atoms with van der Waals surface area (Å²) < 4.78 is 27.4. The van der Waals surface area contributed by atoms with Crippen molar-refractivity contribution in [1.82, 2.24) is 15.2 Å². The first kappa shape index (κ1) is 17.1. The van der Waals surface area contributed by atoms with Crippen LogP contribution in [0.5, 0.6) is 0 Å². The summed E-state index contributed by atoms with van der Waals surface area (Å²) in [6.45, 7) is 1.90. The minimum absolute atomic E-state index is 0.165. The maximum Gasteiger partial charge on any atom is 0.263 e. The summed E-state index contributed by atoms with van der Waals surface area (Å²) in [4.78, 5) is 4.34. The zero-order valence-electron chi connectivity index (χ0n) is 14.5. The first-order chi connectivity index (χ1) is 13.0. The smallest absolute Gasteiger partial charge is 0.263 e. The van der Waals surface area contributed by atoms with E-state index in [-0.39, 0.29) is 10.7 Å². The topological polar surface area (TPSA) is 84.8 Å². The van der Waals surface area contributed by atoms with E-state index in [1.807, 2.05) is 31.2 Å². The Kier molecular flexibility index (Phi) is 4.29. The number of aryl methyl sites for hydroxylation is 1. The highest BCUT2D eigenvalue weighted by molar-refractivity contribution is 7.92. The van der Waals surface area contributed by atoms with Crippen molar-refractivity contribution in [2.24, 2.45) is 0 Å². The summed E-state index contributed by atoms with van der Waals surface area (Å²) in [5.74, 6) is 0.165. The number of nitrogens with one attached hydrogen (secondary N) is 1. The number of aromatic nitrogens is 3. The largest absolute Gasteiger partial charge is 0.264 e. The molecule has 4 aromatic rings. The number of nitrogens with zero attached hydrogens (tertiary/aromatic N) is 3. The highest BCUT2D eigenvalue weighted by Crippen LogP contribution is 2.26. The Labute approximate surface area is 157 Å². The number of benzene rings is 2. The highest BCUT2D eigenvalue weighted by atomic mass is 32.2. The lowest BCUT2D eigenvalue weighted by Crippen LogP contribution is -2.14. The second-order valence-corrected chi connectivity index (χ2v) is 7.81. The molecule has 1 N–H and O–H groups in total. The quantitative estimate of drug-likeness (QED) is 0.585. The lowest BCUT2D eigenvalue weighted by molar-refractivity contribution is 0.601. The van der Waals surface area contributed by atoms with Crippen molar-refractivity contribution in [2.45, 2.75) is 11.8 Å². The highest BCUT2D eigenvalue weighted by Gasteiger charge is 2.15. The van der Waals surface area contributed by atoms with Crippen LogP contribution in [-0.4, -0.2) is 23.6 Å². The van der Waals surface area contributed by atoms with Gasteiger partial charge in [-0.3, -0.25) is 9.71 Å². The van der Waals surface area contributed by atoms with Crippen molar-refractivity contribution >= 4 is 26.6 Å². The van der Waals surface area contributed by atoms with E-state index in [2.05, 4.69) is 19.9 Å². The zero-order chi connectivity index (χ0) is 18.9. The maximum atomic E-state index is 12.5. The molecule has 4 rings (SSSR count). The van der Waals surface area contributed by atoms with Gasteiger partial charge < -0.3 is 0 Å². The fourth-order valence-electron chi connectivity index (χ4n) is 2.78. The standard InChI is InChI=1S/C20H16N4O2S/c1-14-5-7-16(8-6-14)27(25,26)24-20-10-9-19(22-23-20)17-4-2-3-15-11-12-21-13-18(15)17/h2-13H,1H3,(H,23,24). The molecular formula is C20H16N4O2S. The van der Waals surface area contributed by atoms with Gasteiger partial charge in [0.15, 0.2) is 5.82 Å². The molecule has 27 heavy (non-hydrogen) atoms. The van der Waals surface area contributed by atoms with Gasteiger partial charge in [0.2, 0.25) is 0 Å². The molecule has 0 fully saturated rings. The number of fused-ring (bicyclic) bond motifs is 1. The van der Waals surface area contributed by atoms with Crippen LogP contribution < -0.4 is 4.72 Å². The number of hydrogen-bond donors (Lipinski definition) is 1. The molecule has 7 heteroatoms. The predicted molar refractivity (Wildman–Crippen MR) is 105 cm³/mol. The molecule has 0 unspecified atom stereocenters. The van der Waals surface area contributed by atoms with Gasteiger partial charge in [-0.15, -0.1) is 10.2 Å². The van der Waals surface area contributed by atoms with Crippen LogP contribution in [0.15, 0.2) is 78.0 Å². The van der Waals surface area contributed by atoms with Crippen LogP contribution in [-0.2, 0) is 10.0 Å². The number of pyridine rings is 1. The van der Waals surface area contributed by atoms with Gasteiger partial charge in [-0.2, -0.15) is 0 Å². The van der Waals surface area contributed by atoms with Crippen LogP contribution in [0, 0.1) is 6.92 Å². The molecule has 0 bridgehead atoms. The van der Waals surface area contributed by atoms with Crippen molar-refractivity contribution < 1.29 is 8.42 Å². The first-order valence-corrected chi connectivity index (χ1v) is 9.78. The van der Waals surface area contributed by atoms with Gasteiger partial charge in [-0.05, 0) is 42.6 Å². The molecule has 134 valence electrons. The average Bonchev–Trinajstić information content (AvgIpc) is 2.68. The maximum absolute atomic E-state index is 12.5. The molecule has 0 radical (unpaired) electrons. The van der Waals surface area contributed by atoms with Gasteiger partial charge >= 0.3 is 0 Å². The molecule has 0 aliphatic rings. The van der Waals surface area contributed by atoms with Crippen molar-refractivity contribution in [3.05, 3.63) is 78.6 Å². The Morgan fingerprint density at radius 3 is 2.44 bits per heavy atom. The van der Waals surface area contributed by atoms with Crippen molar-refractivity contribution in [3.63, 3.8) is 0 Å². The van der Waals surface area contributed by atoms with Gasteiger partial charge in [0.1, 0.15) is 0 Å². The molecule has 0 spiro atoms. The van der Waals surface area contributed by atoms with Crippen molar-refractivity contribution in [2.75, 3.05) is 4.72 Å². The van der Waals surface area contributed by atoms with Crippen molar-refractivity contribution in [3.8, 4) is 11.3 Å². The van der Waals surface area contributed by atoms with E-state index in [9.17, 15) is 8.42 Å². The van der Waals surface area contributed by atoms with Crippen LogP contribution in [0.25, 0.3) is 22.0 Å². The van der Waals surface area contributed by atoms with Crippen LogP contribution >= 0.6 is 0 Å². The van der Waals surface area contributed by atoms with Crippen molar-refractivity contribution in [1.29, 1.82) is 0 Å². The Morgan fingerprint density at radius 1 is 0.889 bits per heavy atom. The van der Waals surface area contributed by atoms with E-state index in [4.69, 9.17) is 0 Å². The van der Waals surface area contributed by atoms with Gasteiger partial charge in [0, 0.05) is 23.3 Å². The molecule has 0 amide bonds. The molecule has 0 aliphatic carbocycles. The fraction of sp³-hybridized carbons (Fsp3) is 0.0500. The third kappa shape index (κ3) is 3.50. The lowest BCUT2D eigenvalue weighted by atomic mass is 10.0. The van der Waals surface area contributed by atoms with E-state index in [0.717, 1.165) is 21.9 Å². The van der Waals surface area contributed by atoms with E-state index in [1.54, 1.807) is 48.8 Å². The molecule has 2 aromatic carbocycles. The first-order valence-electron chi connectivity index (χ1n) is 8.29. The van der Waals surface area contributed by atoms with Gasteiger partial charge in [-0.1, -0.05) is 35.9 Å². The van der Waals surface area contributed by atoms with Gasteiger partial charge in [0.25, 0.3) is 10.0 Å². The van der Waals surface area contributed by atoms with Crippen LogP contribution in [0.2, 0.25) is 0 Å². The Bertz CT molecular complexity index is 1200. The number of anilines is 1. The Morgan fingerprint density at radius 2 is 1.70 bits per heavy atom. The van der Waals surface area contributed by atoms with E-state index >= 15 is 0 Å². The molecule has 2 aromatic heterocycles. The second kappa shape index (κ2) is 6.77.